The van der Waals surface area contributed by atoms with E-state index in [0.717, 1.165) is 4.68 Å². The zero-order valence-corrected chi connectivity index (χ0v) is 16.2. The molecule has 2 heterocycles. The van der Waals surface area contributed by atoms with Gasteiger partial charge in [0.1, 0.15) is 5.56 Å². The van der Waals surface area contributed by atoms with Crippen molar-refractivity contribution in [2.75, 3.05) is 13.7 Å². The lowest BCUT2D eigenvalue weighted by Crippen LogP contribution is -2.42. The van der Waals surface area contributed by atoms with Crippen LogP contribution in [-0.2, 0) is 0 Å². The van der Waals surface area contributed by atoms with Crippen molar-refractivity contribution in [1.82, 2.24) is 20.1 Å². The lowest BCUT2D eigenvalue weighted by atomic mass is 10.1. The molecule has 2 aromatic heterocycles. The molecule has 0 aliphatic carbocycles. The molecule has 9 heteroatoms. The lowest BCUT2D eigenvalue weighted by molar-refractivity contribution is 0.0932. The molecule has 1 amide bonds. The molecule has 0 spiro atoms. The molecule has 0 aliphatic heterocycles. The lowest BCUT2D eigenvalue weighted by Gasteiger charge is -2.14. The highest BCUT2D eigenvalue weighted by Gasteiger charge is 2.19. The van der Waals surface area contributed by atoms with Crippen molar-refractivity contribution in [3.05, 3.63) is 75.8 Å². The summed E-state index contributed by atoms with van der Waals surface area (Å²) in [4.78, 5) is 33.5. The number of aliphatic hydroxyl groups is 1. The normalized spacial score (nSPS) is 12.1. The number of aliphatic imine (C=N–C) groups is 1. The monoisotopic (exact) mass is 411 g/mol. The summed E-state index contributed by atoms with van der Waals surface area (Å²) in [7, 11) is 1.52. The van der Waals surface area contributed by atoms with E-state index in [9.17, 15) is 14.7 Å². The van der Waals surface area contributed by atoms with Crippen LogP contribution in [0, 0.1) is 0 Å². The molecule has 3 rings (SSSR count). The quantitative estimate of drug-likeness (QED) is 0.600. The zero-order chi connectivity index (χ0) is 20.8. The number of nitrogens with one attached hydrogen (secondary N) is 1. The predicted octanol–water partition coefficient (Wildman–Crippen LogP) is 1.74. The zero-order valence-electron chi connectivity index (χ0n) is 15.5. The van der Waals surface area contributed by atoms with E-state index < -0.39 is 17.5 Å². The number of aromatic nitrogens is 3. The summed E-state index contributed by atoms with van der Waals surface area (Å²) < 4.78 is 1.12. The molecule has 0 fully saturated rings. The van der Waals surface area contributed by atoms with Crippen molar-refractivity contribution >= 4 is 23.7 Å². The van der Waals surface area contributed by atoms with Gasteiger partial charge in [0.25, 0.3) is 11.5 Å². The molecule has 0 saturated carbocycles. The number of aliphatic hydroxyl groups excluding tert-OH is 1. The number of carbonyl (C=O) groups is 1. The smallest absolute Gasteiger partial charge is 0.284 e. The van der Waals surface area contributed by atoms with Gasteiger partial charge in [0, 0.05) is 30.0 Å². The largest absolute Gasteiger partial charge is 0.394 e. The fourth-order valence-corrected chi connectivity index (χ4v) is 2.76. The van der Waals surface area contributed by atoms with Gasteiger partial charge in [0.2, 0.25) is 0 Å². The van der Waals surface area contributed by atoms with Crippen LogP contribution in [0.3, 0.4) is 0 Å². The first-order valence-electron chi connectivity index (χ1n) is 8.68. The second kappa shape index (κ2) is 9.22. The number of hydrogen-bond acceptors (Lipinski definition) is 6. The van der Waals surface area contributed by atoms with Crippen molar-refractivity contribution in [3.63, 3.8) is 0 Å². The number of nitrogens with zero attached hydrogens (tertiary/aromatic N) is 4. The van der Waals surface area contributed by atoms with Gasteiger partial charge in [-0.1, -0.05) is 23.7 Å². The first kappa shape index (κ1) is 20.4. The number of pyridine rings is 1. The third kappa shape index (κ3) is 4.74. The molecule has 8 nitrogen and oxygen atoms in total. The Bertz CT molecular complexity index is 1080. The summed E-state index contributed by atoms with van der Waals surface area (Å²) in [6.45, 7) is -0.352. The second-order valence-electron chi connectivity index (χ2n) is 6.05. The number of hydrogen-bond donors (Lipinski definition) is 2. The van der Waals surface area contributed by atoms with E-state index >= 15 is 0 Å². The molecule has 0 saturated heterocycles. The number of amides is 1. The van der Waals surface area contributed by atoms with Crippen molar-refractivity contribution in [2.24, 2.45) is 4.99 Å². The number of halogens is 1. The summed E-state index contributed by atoms with van der Waals surface area (Å²) in [5, 5.41) is 16.9. The highest BCUT2D eigenvalue weighted by atomic mass is 35.5. The molecule has 29 heavy (non-hydrogen) atoms. The van der Waals surface area contributed by atoms with E-state index in [1.807, 2.05) is 0 Å². The summed E-state index contributed by atoms with van der Waals surface area (Å²) in [5.74, 6) is -0.649. The Morgan fingerprint density at radius 1 is 1.34 bits per heavy atom. The van der Waals surface area contributed by atoms with Crippen molar-refractivity contribution in [1.29, 1.82) is 0 Å². The molecule has 148 valence electrons. The first-order chi connectivity index (χ1) is 14.0. The molecule has 2 N–H and O–H groups in total. The van der Waals surface area contributed by atoms with Crippen LogP contribution < -0.4 is 10.9 Å². The average Bonchev–Trinajstić information content (AvgIpc) is 2.74. The van der Waals surface area contributed by atoms with E-state index in [1.165, 1.54) is 25.5 Å². The molecule has 0 aliphatic rings. The second-order valence-corrected chi connectivity index (χ2v) is 6.48. The Morgan fingerprint density at radius 2 is 2.10 bits per heavy atom. The topological polar surface area (TPSA) is 109 Å². The minimum absolute atomic E-state index is 0.128. The summed E-state index contributed by atoms with van der Waals surface area (Å²) in [6.07, 6.45) is 4.43. The molecular formula is C20H18ClN5O3. The maximum absolute atomic E-state index is 13.0. The molecule has 3 aromatic rings. The SMILES string of the molecule is CN=C[C@@H](CO)NC(=O)c1cc(-c2ccc(Cl)cc2)nn(-c2cccnc2)c1=O. The van der Waals surface area contributed by atoms with Crippen LogP contribution in [0.2, 0.25) is 5.02 Å². The third-order valence-corrected chi connectivity index (χ3v) is 4.28. The molecule has 0 unspecified atom stereocenters. The predicted molar refractivity (Wildman–Crippen MR) is 111 cm³/mol. The maximum Gasteiger partial charge on any atom is 0.284 e. The van der Waals surface area contributed by atoms with E-state index in [1.54, 1.807) is 42.6 Å². The Balaban J connectivity index is 2.14. The van der Waals surface area contributed by atoms with Crippen LogP contribution in [0.4, 0.5) is 0 Å². The molecule has 0 bridgehead atoms. The van der Waals surface area contributed by atoms with E-state index in [0.29, 0.717) is 22.0 Å². The number of rotatable bonds is 6. The molecule has 1 aromatic carbocycles. The molecule has 0 radical (unpaired) electrons. The van der Waals surface area contributed by atoms with E-state index in [2.05, 4.69) is 20.4 Å². The highest BCUT2D eigenvalue weighted by molar-refractivity contribution is 6.30. The molecule has 1 atom stereocenters. The third-order valence-electron chi connectivity index (χ3n) is 4.03. The van der Waals surface area contributed by atoms with Gasteiger partial charge in [-0.2, -0.15) is 9.78 Å². The van der Waals surface area contributed by atoms with Crippen LogP contribution in [0.15, 0.2) is 64.6 Å². The summed E-state index contributed by atoms with van der Waals surface area (Å²) in [6, 6.07) is 10.9. The van der Waals surface area contributed by atoms with Crippen molar-refractivity contribution in [3.8, 4) is 16.9 Å². The van der Waals surface area contributed by atoms with E-state index in [4.69, 9.17) is 11.6 Å². The van der Waals surface area contributed by atoms with Crippen LogP contribution >= 0.6 is 11.6 Å². The van der Waals surface area contributed by atoms with Gasteiger partial charge >= 0.3 is 0 Å². The standard InChI is InChI=1S/C20H18ClN5O3/c1-22-10-15(12-27)24-19(28)17-9-18(13-4-6-14(21)7-5-13)25-26(20(17)29)16-3-2-8-23-11-16/h2-11,15,27H,12H2,1H3,(H,24,28)/t15-/m0/s1. The Hall–Kier alpha value is -3.36. The Kier molecular flexibility index (Phi) is 6.48. The summed E-state index contributed by atoms with van der Waals surface area (Å²) in [5.41, 5.74) is 0.751. The van der Waals surface area contributed by atoms with Crippen LogP contribution in [0.25, 0.3) is 16.9 Å². The van der Waals surface area contributed by atoms with Crippen LogP contribution in [0.1, 0.15) is 10.4 Å². The Labute approximate surface area is 171 Å². The van der Waals surface area contributed by atoms with Crippen molar-refractivity contribution in [2.45, 2.75) is 6.04 Å². The maximum atomic E-state index is 13.0. The minimum Gasteiger partial charge on any atom is -0.394 e. The number of benzene rings is 1. The van der Waals surface area contributed by atoms with Gasteiger partial charge < -0.3 is 10.4 Å². The summed E-state index contributed by atoms with van der Waals surface area (Å²) >= 11 is 5.95. The van der Waals surface area contributed by atoms with E-state index in [-0.39, 0.29) is 12.2 Å². The van der Waals surface area contributed by atoms with Gasteiger partial charge in [0.15, 0.2) is 0 Å². The number of carbonyl (C=O) groups excluding carboxylic acids is 1. The molecular weight excluding hydrogens is 394 g/mol. The fraction of sp³-hybridized carbons (Fsp3) is 0.150. The van der Waals surface area contributed by atoms with Gasteiger partial charge in [-0.15, -0.1) is 0 Å². The average molecular weight is 412 g/mol. The highest BCUT2D eigenvalue weighted by Crippen LogP contribution is 2.20. The fourth-order valence-electron chi connectivity index (χ4n) is 2.63. The van der Waals surface area contributed by atoms with Gasteiger partial charge in [-0.25, -0.2) is 0 Å². The van der Waals surface area contributed by atoms with Crippen LogP contribution in [0.5, 0.6) is 0 Å². The Morgan fingerprint density at radius 3 is 2.72 bits per heavy atom. The van der Waals surface area contributed by atoms with Crippen molar-refractivity contribution < 1.29 is 9.90 Å². The van der Waals surface area contributed by atoms with Gasteiger partial charge in [-0.05, 0) is 30.3 Å². The van der Waals surface area contributed by atoms with Gasteiger partial charge in [-0.3, -0.25) is 19.6 Å². The van der Waals surface area contributed by atoms with Crippen LogP contribution in [-0.4, -0.2) is 51.7 Å². The van der Waals surface area contributed by atoms with Gasteiger partial charge in [0.05, 0.1) is 30.2 Å². The minimum atomic E-state index is -0.717. The first-order valence-corrected chi connectivity index (χ1v) is 9.06.